The fraction of sp³-hybridized carbons (Fsp3) is 0.600. The summed E-state index contributed by atoms with van der Waals surface area (Å²) in [5.74, 6) is -0.559. The number of amides is 1. The standard InChI is InChI=1S/C15H19FN2O4/c1-20-9-13(19)18-7-8-21-14-11(18)4-5-12(14)22-15-10(16)3-2-6-17-15/h2-3,6,11-12,14H,4-5,7-9H2,1H3/t11-,12-,14+/m1/s1. The Labute approximate surface area is 128 Å². The van der Waals surface area contributed by atoms with Crippen molar-refractivity contribution in [3.8, 4) is 5.88 Å². The lowest BCUT2D eigenvalue weighted by Crippen LogP contribution is -2.55. The zero-order valence-corrected chi connectivity index (χ0v) is 12.4. The minimum absolute atomic E-state index is 0.0166. The number of aromatic nitrogens is 1. The highest BCUT2D eigenvalue weighted by Gasteiger charge is 2.45. The lowest BCUT2D eigenvalue weighted by atomic mass is 10.1. The Morgan fingerprint density at radius 2 is 2.41 bits per heavy atom. The molecule has 2 aliphatic rings. The van der Waals surface area contributed by atoms with Crippen LogP contribution in [0.25, 0.3) is 0 Å². The van der Waals surface area contributed by atoms with Gasteiger partial charge in [0.1, 0.15) is 18.8 Å². The Morgan fingerprint density at radius 1 is 1.55 bits per heavy atom. The van der Waals surface area contributed by atoms with Crippen molar-refractivity contribution in [3.05, 3.63) is 24.1 Å². The van der Waals surface area contributed by atoms with Crippen molar-refractivity contribution in [1.82, 2.24) is 9.88 Å². The molecule has 2 heterocycles. The fourth-order valence-corrected chi connectivity index (χ4v) is 3.16. The summed E-state index contributed by atoms with van der Waals surface area (Å²) in [7, 11) is 1.50. The maximum atomic E-state index is 13.7. The molecule has 1 saturated heterocycles. The van der Waals surface area contributed by atoms with Crippen LogP contribution in [0.5, 0.6) is 5.88 Å². The average Bonchev–Trinajstić information content (AvgIpc) is 2.93. The van der Waals surface area contributed by atoms with Gasteiger partial charge in [-0.15, -0.1) is 0 Å². The van der Waals surface area contributed by atoms with E-state index >= 15 is 0 Å². The van der Waals surface area contributed by atoms with Crippen molar-refractivity contribution in [1.29, 1.82) is 0 Å². The zero-order chi connectivity index (χ0) is 15.5. The Morgan fingerprint density at radius 3 is 3.18 bits per heavy atom. The Kier molecular flexibility index (Phi) is 4.54. The topological polar surface area (TPSA) is 60.9 Å². The first-order valence-electron chi connectivity index (χ1n) is 7.38. The van der Waals surface area contributed by atoms with Crippen molar-refractivity contribution in [2.45, 2.75) is 31.1 Å². The number of carbonyl (C=O) groups is 1. The van der Waals surface area contributed by atoms with Crippen molar-refractivity contribution in [3.63, 3.8) is 0 Å². The zero-order valence-electron chi connectivity index (χ0n) is 12.4. The van der Waals surface area contributed by atoms with E-state index in [0.717, 1.165) is 6.42 Å². The smallest absolute Gasteiger partial charge is 0.250 e. The van der Waals surface area contributed by atoms with E-state index in [4.69, 9.17) is 14.2 Å². The molecule has 3 atom stereocenters. The highest BCUT2D eigenvalue weighted by molar-refractivity contribution is 5.78. The predicted molar refractivity (Wildman–Crippen MR) is 75.0 cm³/mol. The number of morpholine rings is 1. The molecule has 3 rings (SSSR count). The second kappa shape index (κ2) is 6.58. The van der Waals surface area contributed by atoms with Crippen LogP contribution in [0.4, 0.5) is 4.39 Å². The number of hydrogen-bond acceptors (Lipinski definition) is 5. The van der Waals surface area contributed by atoms with Crippen LogP contribution in [0.15, 0.2) is 18.3 Å². The van der Waals surface area contributed by atoms with Crippen molar-refractivity contribution < 1.29 is 23.4 Å². The monoisotopic (exact) mass is 310 g/mol. The molecule has 2 fully saturated rings. The maximum absolute atomic E-state index is 13.7. The first kappa shape index (κ1) is 15.2. The van der Waals surface area contributed by atoms with Crippen LogP contribution in [0, 0.1) is 5.82 Å². The van der Waals surface area contributed by atoms with Crippen molar-refractivity contribution in [2.75, 3.05) is 26.9 Å². The van der Waals surface area contributed by atoms with Gasteiger partial charge in [-0.05, 0) is 25.0 Å². The van der Waals surface area contributed by atoms with Crippen LogP contribution in [-0.4, -0.2) is 60.9 Å². The van der Waals surface area contributed by atoms with Crippen LogP contribution >= 0.6 is 0 Å². The summed E-state index contributed by atoms with van der Waals surface area (Å²) in [5.41, 5.74) is 0. The number of nitrogens with zero attached hydrogens (tertiary/aromatic N) is 2. The highest BCUT2D eigenvalue weighted by Crippen LogP contribution is 2.33. The summed E-state index contributed by atoms with van der Waals surface area (Å²) in [4.78, 5) is 17.8. The quantitative estimate of drug-likeness (QED) is 0.830. The summed E-state index contributed by atoms with van der Waals surface area (Å²) < 4.78 is 30.0. The minimum atomic E-state index is -0.492. The number of fused-ring (bicyclic) bond motifs is 1. The SMILES string of the molecule is COCC(=O)N1CCO[C@H]2[C@H]1CC[C@H]2Oc1ncccc1F. The molecule has 1 aliphatic heterocycles. The van der Waals surface area contributed by atoms with Gasteiger partial charge in [0.05, 0.1) is 12.6 Å². The van der Waals surface area contributed by atoms with Gasteiger partial charge >= 0.3 is 0 Å². The Hall–Kier alpha value is -1.73. The highest BCUT2D eigenvalue weighted by atomic mass is 19.1. The van der Waals surface area contributed by atoms with Gasteiger partial charge in [0.2, 0.25) is 5.91 Å². The first-order valence-corrected chi connectivity index (χ1v) is 7.38. The number of carbonyl (C=O) groups excluding carboxylic acids is 1. The summed E-state index contributed by atoms with van der Waals surface area (Å²) in [6, 6.07) is 2.78. The van der Waals surface area contributed by atoms with Crippen LogP contribution in [-0.2, 0) is 14.3 Å². The summed E-state index contributed by atoms with van der Waals surface area (Å²) in [6.45, 7) is 1.05. The molecular weight excluding hydrogens is 291 g/mol. The van der Waals surface area contributed by atoms with E-state index in [1.54, 1.807) is 4.90 Å². The van der Waals surface area contributed by atoms with Gasteiger partial charge in [-0.1, -0.05) is 0 Å². The average molecular weight is 310 g/mol. The number of halogens is 1. The van der Waals surface area contributed by atoms with Crippen LogP contribution < -0.4 is 4.74 Å². The van der Waals surface area contributed by atoms with E-state index in [1.165, 1.54) is 25.4 Å². The number of rotatable bonds is 4. The summed E-state index contributed by atoms with van der Waals surface area (Å²) in [5, 5.41) is 0. The third-order valence-corrected chi connectivity index (χ3v) is 4.11. The molecule has 1 aliphatic carbocycles. The molecule has 0 N–H and O–H groups in total. The number of hydrogen-bond donors (Lipinski definition) is 0. The lowest BCUT2D eigenvalue weighted by molar-refractivity contribution is -0.151. The summed E-state index contributed by atoms with van der Waals surface area (Å²) in [6.07, 6.45) is 2.39. The van der Waals surface area contributed by atoms with E-state index in [0.29, 0.717) is 19.6 Å². The van der Waals surface area contributed by atoms with E-state index in [2.05, 4.69) is 4.98 Å². The van der Waals surface area contributed by atoms with Crippen LogP contribution in [0.1, 0.15) is 12.8 Å². The maximum Gasteiger partial charge on any atom is 0.250 e. The fourth-order valence-electron chi connectivity index (χ4n) is 3.16. The second-order valence-corrected chi connectivity index (χ2v) is 5.45. The largest absolute Gasteiger partial charge is 0.469 e. The molecule has 0 aromatic carbocycles. The van der Waals surface area contributed by atoms with Crippen LogP contribution in [0.3, 0.4) is 0 Å². The first-order chi connectivity index (χ1) is 10.7. The molecule has 1 amide bonds. The van der Waals surface area contributed by atoms with Gasteiger partial charge in [-0.2, -0.15) is 0 Å². The Balaban J connectivity index is 1.70. The van der Waals surface area contributed by atoms with E-state index in [9.17, 15) is 9.18 Å². The van der Waals surface area contributed by atoms with Gasteiger partial charge in [-0.3, -0.25) is 4.79 Å². The number of methoxy groups -OCH3 is 1. The number of ether oxygens (including phenoxy) is 3. The van der Waals surface area contributed by atoms with E-state index in [1.807, 2.05) is 0 Å². The van der Waals surface area contributed by atoms with Gasteiger partial charge in [0.25, 0.3) is 5.88 Å². The van der Waals surface area contributed by atoms with Gasteiger partial charge in [0.15, 0.2) is 5.82 Å². The molecule has 0 spiro atoms. The van der Waals surface area contributed by atoms with Crippen molar-refractivity contribution >= 4 is 5.91 Å². The molecule has 7 heteroatoms. The van der Waals surface area contributed by atoms with Crippen molar-refractivity contribution in [2.24, 2.45) is 0 Å². The van der Waals surface area contributed by atoms with E-state index < -0.39 is 5.82 Å². The Bertz CT molecular complexity index is 542. The minimum Gasteiger partial charge on any atom is -0.469 e. The molecule has 0 bridgehead atoms. The van der Waals surface area contributed by atoms with Crippen LogP contribution in [0.2, 0.25) is 0 Å². The molecule has 0 radical (unpaired) electrons. The van der Waals surface area contributed by atoms with Gasteiger partial charge in [-0.25, -0.2) is 9.37 Å². The normalized spacial score (nSPS) is 27.5. The molecular formula is C15H19FN2O4. The van der Waals surface area contributed by atoms with E-state index in [-0.39, 0.29) is 36.6 Å². The molecule has 1 aromatic heterocycles. The third kappa shape index (κ3) is 2.91. The molecule has 1 aromatic rings. The second-order valence-electron chi connectivity index (χ2n) is 5.45. The van der Waals surface area contributed by atoms with Gasteiger partial charge < -0.3 is 19.1 Å². The molecule has 6 nitrogen and oxygen atoms in total. The molecule has 0 unspecified atom stereocenters. The molecule has 120 valence electrons. The lowest BCUT2D eigenvalue weighted by Gasteiger charge is -2.38. The molecule has 22 heavy (non-hydrogen) atoms. The van der Waals surface area contributed by atoms with Gasteiger partial charge in [0, 0.05) is 19.9 Å². The third-order valence-electron chi connectivity index (χ3n) is 4.11. The summed E-state index contributed by atoms with van der Waals surface area (Å²) >= 11 is 0. The predicted octanol–water partition coefficient (Wildman–Crippen LogP) is 1.00. The number of pyridine rings is 1. The molecule has 1 saturated carbocycles.